The Labute approximate surface area is 79.5 Å². The first-order valence-corrected chi connectivity index (χ1v) is 4.83. The van der Waals surface area contributed by atoms with Gasteiger partial charge in [0.25, 0.3) is 0 Å². The van der Waals surface area contributed by atoms with Crippen LogP contribution in [0.25, 0.3) is 0 Å². The molecule has 0 saturated heterocycles. The third-order valence-corrected chi connectivity index (χ3v) is 2.72. The molecule has 13 heavy (non-hydrogen) atoms. The van der Waals surface area contributed by atoms with Crippen LogP contribution in [0.5, 0.6) is 0 Å². The third-order valence-electron chi connectivity index (χ3n) is 2.72. The topological polar surface area (TPSA) is 58.4 Å². The van der Waals surface area contributed by atoms with E-state index in [-0.39, 0.29) is 6.04 Å². The van der Waals surface area contributed by atoms with Gasteiger partial charge in [0.2, 0.25) is 0 Å². The molecule has 4 nitrogen and oxygen atoms in total. The summed E-state index contributed by atoms with van der Waals surface area (Å²) in [5, 5.41) is 2.81. The standard InChI is InChI=1S/C9H19N3O/c1-12(2)8-6-4-3-5-7(8)11-9(10)13/h7-8H,3-6H2,1-2H3,(H3,10,11,13)/t7-,8-/m1/s1. The fourth-order valence-electron chi connectivity index (χ4n) is 2.08. The zero-order chi connectivity index (χ0) is 9.84. The normalized spacial score (nSPS) is 28.8. The largest absolute Gasteiger partial charge is 0.352 e. The minimum atomic E-state index is -0.404. The molecule has 0 aromatic carbocycles. The van der Waals surface area contributed by atoms with Crippen LogP contribution in [0.2, 0.25) is 0 Å². The number of rotatable bonds is 2. The fraction of sp³-hybridized carbons (Fsp3) is 0.889. The Balaban J connectivity index is 2.51. The summed E-state index contributed by atoms with van der Waals surface area (Å²) in [7, 11) is 4.09. The van der Waals surface area contributed by atoms with Crippen molar-refractivity contribution in [2.45, 2.75) is 37.8 Å². The van der Waals surface area contributed by atoms with Crippen LogP contribution in [0, 0.1) is 0 Å². The second-order valence-electron chi connectivity index (χ2n) is 3.93. The molecule has 1 fully saturated rings. The maximum Gasteiger partial charge on any atom is 0.312 e. The van der Waals surface area contributed by atoms with E-state index in [0.29, 0.717) is 6.04 Å². The van der Waals surface area contributed by atoms with Gasteiger partial charge in [-0.3, -0.25) is 0 Å². The smallest absolute Gasteiger partial charge is 0.312 e. The van der Waals surface area contributed by atoms with Crippen molar-refractivity contribution in [1.29, 1.82) is 0 Å². The molecule has 0 aromatic heterocycles. The van der Waals surface area contributed by atoms with Crippen LogP contribution in [0.15, 0.2) is 0 Å². The zero-order valence-electron chi connectivity index (χ0n) is 8.42. The molecule has 0 spiro atoms. The van der Waals surface area contributed by atoms with Gasteiger partial charge < -0.3 is 16.0 Å². The monoisotopic (exact) mass is 185 g/mol. The molecular weight excluding hydrogens is 166 g/mol. The summed E-state index contributed by atoms with van der Waals surface area (Å²) in [4.78, 5) is 12.9. The van der Waals surface area contributed by atoms with Crippen LogP contribution >= 0.6 is 0 Å². The summed E-state index contributed by atoms with van der Waals surface area (Å²) in [6, 6.07) is 0.279. The van der Waals surface area contributed by atoms with Gasteiger partial charge in [-0.15, -0.1) is 0 Å². The number of urea groups is 1. The number of likely N-dealkylation sites (N-methyl/N-ethyl adjacent to an activating group) is 1. The molecule has 0 radical (unpaired) electrons. The van der Waals surface area contributed by atoms with Gasteiger partial charge in [0.15, 0.2) is 0 Å². The Kier molecular flexibility index (Phi) is 3.54. The summed E-state index contributed by atoms with van der Waals surface area (Å²) >= 11 is 0. The summed E-state index contributed by atoms with van der Waals surface area (Å²) in [6.07, 6.45) is 4.64. The van der Waals surface area contributed by atoms with Gasteiger partial charge in [-0.2, -0.15) is 0 Å². The first-order chi connectivity index (χ1) is 6.11. The van der Waals surface area contributed by atoms with Crippen LogP contribution in [0.3, 0.4) is 0 Å². The van der Waals surface area contributed by atoms with E-state index in [4.69, 9.17) is 5.73 Å². The second kappa shape index (κ2) is 4.46. The Morgan fingerprint density at radius 1 is 1.38 bits per heavy atom. The number of nitrogens with one attached hydrogen (secondary N) is 1. The van der Waals surface area contributed by atoms with E-state index in [2.05, 4.69) is 10.2 Å². The van der Waals surface area contributed by atoms with E-state index in [1.807, 2.05) is 14.1 Å². The van der Waals surface area contributed by atoms with Gasteiger partial charge >= 0.3 is 6.03 Å². The SMILES string of the molecule is CN(C)[C@@H]1CCCC[C@H]1NC(N)=O. The molecule has 2 amide bonds. The van der Waals surface area contributed by atoms with Gasteiger partial charge in [0.1, 0.15) is 0 Å². The highest BCUT2D eigenvalue weighted by molar-refractivity contribution is 5.72. The van der Waals surface area contributed by atoms with Crippen molar-refractivity contribution < 1.29 is 4.79 Å². The number of carbonyl (C=O) groups is 1. The van der Waals surface area contributed by atoms with Crippen molar-refractivity contribution >= 4 is 6.03 Å². The molecule has 0 unspecified atom stereocenters. The highest BCUT2D eigenvalue weighted by Gasteiger charge is 2.27. The summed E-state index contributed by atoms with van der Waals surface area (Å²) in [5.74, 6) is 0. The number of amides is 2. The van der Waals surface area contributed by atoms with E-state index in [9.17, 15) is 4.79 Å². The minimum Gasteiger partial charge on any atom is -0.352 e. The molecule has 0 aromatic rings. The Morgan fingerprint density at radius 3 is 2.54 bits per heavy atom. The fourth-order valence-corrected chi connectivity index (χ4v) is 2.08. The molecular formula is C9H19N3O. The lowest BCUT2D eigenvalue weighted by Crippen LogP contribution is -2.52. The highest BCUT2D eigenvalue weighted by Crippen LogP contribution is 2.21. The van der Waals surface area contributed by atoms with Crippen molar-refractivity contribution in [1.82, 2.24) is 10.2 Å². The van der Waals surface area contributed by atoms with Crippen LogP contribution in [-0.2, 0) is 0 Å². The van der Waals surface area contributed by atoms with E-state index in [1.54, 1.807) is 0 Å². The van der Waals surface area contributed by atoms with E-state index in [0.717, 1.165) is 12.8 Å². The third kappa shape index (κ3) is 2.88. The predicted octanol–water partition coefficient (Wildman–Crippen LogP) is 0.528. The molecule has 76 valence electrons. The molecule has 1 aliphatic carbocycles. The van der Waals surface area contributed by atoms with Crippen molar-refractivity contribution in [2.75, 3.05) is 14.1 Å². The van der Waals surface area contributed by atoms with Crippen molar-refractivity contribution in [2.24, 2.45) is 5.73 Å². The number of nitrogens with two attached hydrogens (primary N) is 1. The maximum atomic E-state index is 10.7. The van der Waals surface area contributed by atoms with Crippen LogP contribution in [-0.4, -0.2) is 37.1 Å². The summed E-state index contributed by atoms with van der Waals surface area (Å²) < 4.78 is 0. The van der Waals surface area contributed by atoms with Gasteiger partial charge in [-0.25, -0.2) is 4.79 Å². The lowest BCUT2D eigenvalue weighted by Gasteiger charge is -2.36. The van der Waals surface area contributed by atoms with E-state index in [1.165, 1.54) is 12.8 Å². The molecule has 1 aliphatic rings. The lowest BCUT2D eigenvalue weighted by molar-refractivity contribution is 0.176. The van der Waals surface area contributed by atoms with Crippen LogP contribution in [0.4, 0.5) is 4.79 Å². The van der Waals surface area contributed by atoms with E-state index < -0.39 is 6.03 Å². The highest BCUT2D eigenvalue weighted by atomic mass is 16.2. The number of hydrogen-bond acceptors (Lipinski definition) is 2. The first kappa shape index (κ1) is 10.3. The predicted molar refractivity (Wildman–Crippen MR) is 52.5 cm³/mol. The van der Waals surface area contributed by atoms with E-state index >= 15 is 0 Å². The number of hydrogen-bond donors (Lipinski definition) is 2. The molecule has 0 heterocycles. The average Bonchev–Trinajstić information content (AvgIpc) is 2.03. The molecule has 1 saturated carbocycles. The molecule has 4 heteroatoms. The quantitative estimate of drug-likeness (QED) is 0.659. The molecule has 0 aliphatic heterocycles. The Hall–Kier alpha value is -0.770. The van der Waals surface area contributed by atoms with Crippen molar-refractivity contribution in [3.8, 4) is 0 Å². The first-order valence-electron chi connectivity index (χ1n) is 4.83. The minimum absolute atomic E-state index is 0.237. The molecule has 1 rings (SSSR count). The number of carbonyl (C=O) groups excluding carboxylic acids is 1. The Morgan fingerprint density at radius 2 is 2.00 bits per heavy atom. The van der Waals surface area contributed by atoms with Crippen molar-refractivity contribution in [3.63, 3.8) is 0 Å². The Bertz CT molecular complexity index is 182. The summed E-state index contributed by atoms with van der Waals surface area (Å²) in [5.41, 5.74) is 5.12. The maximum absolute atomic E-state index is 10.7. The average molecular weight is 185 g/mol. The molecule has 3 N–H and O–H groups in total. The lowest BCUT2D eigenvalue weighted by atomic mass is 9.90. The molecule has 0 bridgehead atoms. The van der Waals surface area contributed by atoms with Gasteiger partial charge in [0.05, 0.1) is 0 Å². The number of primary amides is 1. The zero-order valence-corrected chi connectivity index (χ0v) is 8.42. The summed E-state index contributed by atoms with van der Waals surface area (Å²) in [6.45, 7) is 0. The van der Waals surface area contributed by atoms with Crippen molar-refractivity contribution in [3.05, 3.63) is 0 Å². The second-order valence-corrected chi connectivity index (χ2v) is 3.93. The molecule has 2 atom stereocenters. The van der Waals surface area contributed by atoms with Crippen LogP contribution < -0.4 is 11.1 Å². The van der Waals surface area contributed by atoms with Gasteiger partial charge in [0, 0.05) is 12.1 Å². The number of nitrogens with zero attached hydrogens (tertiary/aromatic N) is 1. The van der Waals surface area contributed by atoms with Gasteiger partial charge in [-0.1, -0.05) is 12.8 Å². The van der Waals surface area contributed by atoms with Crippen LogP contribution in [0.1, 0.15) is 25.7 Å². The van der Waals surface area contributed by atoms with Gasteiger partial charge in [-0.05, 0) is 26.9 Å².